The third kappa shape index (κ3) is 3.69. The van der Waals surface area contributed by atoms with Crippen LogP contribution in [0.4, 0.5) is 5.69 Å². The fourth-order valence-corrected chi connectivity index (χ4v) is 3.80. The molecule has 1 aliphatic rings. The Morgan fingerprint density at radius 2 is 1.90 bits per heavy atom. The Hall–Kier alpha value is -3.91. The maximum atomic E-state index is 13.0. The van der Waals surface area contributed by atoms with E-state index in [-0.39, 0.29) is 23.4 Å². The van der Waals surface area contributed by atoms with E-state index in [4.69, 9.17) is 16.0 Å². The van der Waals surface area contributed by atoms with E-state index in [0.29, 0.717) is 16.3 Å². The molecular weight excluding hydrogens is 424 g/mol. The molecule has 0 saturated carbocycles. The molecule has 31 heavy (non-hydrogen) atoms. The Balaban J connectivity index is 1.90. The summed E-state index contributed by atoms with van der Waals surface area (Å²) < 4.78 is 5.32. The zero-order valence-corrected chi connectivity index (χ0v) is 16.7. The lowest BCUT2D eigenvalue weighted by atomic mass is 9.95. The molecule has 8 nitrogen and oxygen atoms in total. The van der Waals surface area contributed by atoms with Gasteiger partial charge in [0.25, 0.3) is 17.4 Å². The number of carbonyl (C=O) groups is 2. The number of benzene rings is 2. The Kier molecular flexibility index (Phi) is 5.31. The zero-order valence-electron chi connectivity index (χ0n) is 15.9. The van der Waals surface area contributed by atoms with Gasteiger partial charge in [0.1, 0.15) is 11.5 Å². The Morgan fingerprint density at radius 3 is 2.58 bits per heavy atom. The number of nitro benzene ring substituents is 1. The van der Waals surface area contributed by atoms with E-state index < -0.39 is 28.4 Å². The monoisotopic (exact) mass is 438 g/mol. The van der Waals surface area contributed by atoms with Gasteiger partial charge in [0, 0.05) is 22.7 Å². The molecule has 0 unspecified atom stereocenters. The van der Waals surface area contributed by atoms with Gasteiger partial charge in [-0.3, -0.25) is 19.7 Å². The van der Waals surface area contributed by atoms with Crippen molar-refractivity contribution >= 4 is 34.7 Å². The molecule has 1 N–H and O–H groups in total. The third-order valence-corrected chi connectivity index (χ3v) is 5.32. The Labute approximate surface area is 181 Å². The number of carbonyl (C=O) groups excluding carboxylic acids is 2. The average molecular weight is 439 g/mol. The lowest BCUT2D eigenvalue weighted by Crippen LogP contribution is -2.29. The summed E-state index contributed by atoms with van der Waals surface area (Å²) in [7, 11) is 0. The Bertz CT molecular complexity index is 1220. The minimum Gasteiger partial charge on any atom is -0.507 e. The number of rotatable bonds is 5. The van der Waals surface area contributed by atoms with Gasteiger partial charge < -0.3 is 14.4 Å². The van der Waals surface area contributed by atoms with Crippen molar-refractivity contribution in [3.05, 3.63) is 105 Å². The second kappa shape index (κ2) is 8.08. The lowest BCUT2D eigenvalue weighted by Gasteiger charge is -2.25. The second-order valence-corrected chi connectivity index (χ2v) is 7.24. The first-order valence-corrected chi connectivity index (χ1v) is 9.56. The molecule has 1 fully saturated rings. The van der Waals surface area contributed by atoms with Gasteiger partial charge in [-0.1, -0.05) is 41.9 Å². The summed E-state index contributed by atoms with van der Waals surface area (Å²) in [5.41, 5.74) is 0.0115. The van der Waals surface area contributed by atoms with Crippen molar-refractivity contribution in [3.63, 3.8) is 0 Å². The molecule has 9 heteroatoms. The van der Waals surface area contributed by atoms with Crippen LogP contribution in [0.5, 0.6) is 0 Å². The molecule has 0 bridgehead atoms. The molecule has 3 aromatic rings. The number of furan rings is 1. The highest BCUT2D eigenvalue weighted by Gasteiger charge is 2.47. The van der Waals surface area contributed by atoms with Crippen LogP contribution in [-0.2, 0) is 16.1 Å². The van der Waals surface area contributed by atoms with E-state index in [9.17, 15) is 24.8 Å². The van der Waals surface area contributed by atoms with Crippen molar-refractivity contribution in [3.8, 4) is 0 Å². The molecule has 1 aliphatic heterocycles. The third-order valence-electron chi connectivity index (χ3n) is 4.98. The summed E-state index contributed by atoms with van der Waals surface area (Å²) in [6, 6.07) is 14.2. The first kappa shape index (κ1) is 20.4. The highest BCUT2D eigenvalue weighted by Crippen LogP contribution is 2.42. The van der Waals surface area contributed by atoms with Crippen molar-refractivity contribution in [2.75, 3.05) is 0 Å². The van der Waals surface area contributed by atoms with Gasteiger partial charge in [-0.2, -0.15) is 0 Å². The number of aliphatic hydroxyl groups excluding tert-OH is 1. The van der Waals surface area contributed by atoms with Crippen molar-refractivity contribution in [2.24, 2.45) is 0 Å². The normalized spacial score (nSPS) is 17.8. The van der Waals surface area contributed by atoms with Gasteiger partial charge in [-0.25, -0.2) is 0 Å². The maximum absolute atomic E-state index is 13.0. The van der Waals surface area contributed by atoms with Gasteiger partial charge in [0.2, 0.25) is 0 Å². The second-order valence-electron chi connectivity index (χ2n) is 6.84. The molecule has 156 valence electrons. The number of nitrogens with zero attached hydrogens (tertiary/aromatic N) is 2. The van der Waals surface area contributed by atoms with E-state index >= 15 is 0 Å². The Morgan fingerprint density at radius 1 is 1.13 bits per heavy atom. The van der Waals surface area contributed by atoms with Crippen LogP contribution in [0, 0.1) is 10.1 Å². The quantitative estimate of drug-likeness (QED) is 0.207. The van der Waals surface area contributed by atoms with E-state index in [1.807, 2.05) is 0 Å². The minimum atomic E-state index is -1.00. The standard InChI is InChI=1S/C22H15ClN2O6/c23-17-9-2-1-8-16(17)19-18(20(26)13-5-3-6-14(11-13)25(29)30)21(27)22(28)24(19)12-15-7-4-10-31-15/h1-11,19,26H,12H2/t19-/m0/s1. The van der Waals surface area contributed by atoms with Gasteiger partial charge >= 0.3 is 0 Å². The number of hydrogen-bond donors (Lipinski definition) is 1. The number of amides is 1. The molecule has 0 spiro atoms. The number of Topliss-reactive ketones (excluding diaryl/α,β-unsaturated/α-hetero) is 1. The van der Waals surface area contributed by atoms with Crippen molar-refractivity contribution < 1.29 is 24.0 Å². The predicted octanol–water partition coefficient (Wildman–Crippen LogP) is 4.46. The van der Waals surface area contributed by atoms with Crippen LogP contribution in [0.25, 0.3) is 5.76 Å². The predicted molar refractivity (Wildman–Crippen MR) is 111 cm³/mol. The summed E-state index contributed by atoms with van der Waals surface area (Å²) in [4.78, 5) is 37.6. The lowest BCUT2D eigenvalue weighted by molar-refractivity contribution is -0.384. The zero-order chi connectivity index (χ0) is 22.1. The van der Waals surface area contributed by atoms with E-state index in [1.54, 1.807) is 36.4 Å². The van der Waals surface area contributed by atoms with Gasteiger partial charge in [-0.05, 0) is 23.8 Å². The summed E-state index contributed by atoms with van der Waals surface area (Å²) in [6.45, 7) is -0.0286. The summed E-state index contributed by atoms with van der Waals surface area (Å²) >= 11 is 6.36. The average Bonchev–Trinajstić information content (AvgIpc) is 3.36. The molecule has 1 saturated heterocycles. The van der Waals surface area contributed by atoms with E-state index in [0.717, 1.165) is 6.07 Å². The number of aliphatic hydroxyl groups is 1. The number of ketones is 1. The molecule has 4 rings (SSSR count). The van der Waals surface area contributed by atoms with Crippen LogP contribution in [0.2, 0.25) is 5.02 Å². The van der Waals surface area contributed by atoms with Crippen LogP contribution in [-0.4, -0.2) is 26.6 Å². The SMILES string of the molecule is O=C1C(=O)N(Cc2ccco2)[C@@H](c2ccccc2Cl)C1=C(O)c1cccc([N+](=O)[O-])c1. The number of halogens is 1. The van der Waals surface area contributed by atoms with E-state index in [2.05, 4.69) is 0 Å². The number of non-ortho nitro benzene ring substituents is 1. The highest BCUT2D eigenvalue weighted by atomic mass is 35.5. The summed E-state index contributed by atoms with van der Waals surface area (Å²) in [5, 5.41) is 22.4. The van der Waals surface area contributed by atoms with E-state index in [1.165, 1.54) is 29.4 Å². The summed E-state index contributed by atoms with van der Waals surface area (Å²) in [6.07, 6.45) is 1.44. The van der Waals surface area contributed by atoms with Crippen LogP contribution in [0.15, 0.2) is 76.9 Å². The fraction of sp³-hybridized carbons (Fsp3) is 0.0909. The molecule has 1 atom stereocenters. The minimum absolute atomic E-state index is 0.0286. The smallest absolute Gasteiger partial charge is 0.296 e. The first-order valence-electron chi connectivity index (χ1n) is 9.18. The topological polar surface area (TPSA) is 114 Å². The van der Waals surface area contributed by atoms with Crippen LogP contribution < -0.4 is 0 Å². The molecule has 0 radical (unpaired) electrons. The number of likely N-dealkylation sites (tertiary alicyclic amines) is 1. The van der Waals surface area contributed by atoms with Gasteiger partial charge in [0.15, 0.2) is 0 Å². The number of nitro groups is 1. The molecular formula is C22H15ClN2O6. The largest absolute Gasteiger partial charge is 0.507 e. The van der Waals surface area contributed by atoms with Gasteiger partial charge in [0.05, 0.1) is 29.3 Å². The maximum Gasteiger partial charge on any atom is 0.296 e. The van der Waals surface area contributed by atoms with Crippen LogP contribution >= 0.6 is 11.6 Å². The van der Waals surface area contributed by atoms with Gasteiger partial charge in [-0.15, -0.1) is 0 Å². The molecule has 2 heterocycles. The molecule has 0 aliphatic carbocycles. The van der Waals surface area contributed by atoms with Crippen LogP contribution in [0.3, 0.4) is 0 Å². The highest BCUT2D eigenvalue weighted by molar-refractivity contribution is 6.46. The number of hydrogen-bond acceptors (Lipinski definition) is 6. The van der Waals surface area contributed by atoms with Crippen LogP contribution in [0.1, 0.15) is 22.9 Å². The summed E-state index contributed by atoms with van der Waals surface area (Å²) in [5.74, 6) is -1.84. The molecule has 2 aromatic carbocycles. The molecule has 1 amide bonds. The molecule has 1 aromatic heterocycles. The fourth-order valence-electron chi connectivity index (χ4n) is 3.56. The van der Waals surface area contributed by atoms with Crippen molar-refractivity contribution in [1.82, 2.24) is 4.90 Å². The van der Waals surface area contributed by atoms with Crippen molar-refractivity contribution in [1.29, 1.82) is 0 Å². The first-order chi connectivity index (χ1) is 14.9. The van der Waals surface area contributed by atoms with Crippen molar-refractivity contribution in [2.45, 2.75) is 12.6 Å².